The van der Waals surface area contributed by atoms with Gasteiger partial charge in [0, 0.05) is 36.9 Å². The van der Waals surface area contributed by atoms with Crippen LogP contribution in [0, 0.1) is 5.82 Å². The normalized spacial score (nSPS) is 12.6. The van der Waals surface area contributed by atoms with Crippen molar-refractivity contribution in [2.24, 2.45) is 0 Å². The van der Waals surface area contributed by atoms with E-state index in [1.807, 2.05) is 6.92 Å². The Hall–Kier alpha value is -1.88. The van der Waals surface area contributed by atoms with Gasteiger partial charge in [-0.25, -0.2) is 4.39 Å². The summed E-state index contributed by atoms with van der Waals surface area (Å²) in [6.07, 6.45) is 2.33. The van der Waals surface area contributed by atoms with Crippen LogP contribution in [0.5, 0.6) is 0 Å². The number of H-pyrrole nitrogens is 1. The van der Waals surface area contributed by atoms with E-state index in [4.69, 9.17) is 4.74 Å². The Morgan fingerprint density at radius 3 is 3.05 bits per heavy atom. The van der Waals surface area contributed by atoms with Gasteiger partial charge in [-0.2, -0.15) is 0 Å². The van der Waals surface area contributed by atoms with E-state index in [-0.39, 0.29) is 17.8 Å². The van der Waals surface area contributed by atoms with Gasteiger partial charge in [0.2, 0.25) is 0 Å². The number of rotatable bonds is 5. The first kappa shape index (κ1) is 13.5. The van der Waals surface area contributed by atoms with Crippen molar-refractivity contribution in [1.29, 1.82) is 0 Å². The van der Waals surface area contributed by atoms with E-state index in [1.165, 1.54) is 12.1 Å². The molecule has 0 spiro atoms. The molecule has 1 atom stereocenters. The molecule has 0 saturated heterocycles. The van der Waals surface area contributed by atoms with Crippen LogP contribution >= 0.6 is 0 Å². The maximum Gasteiger partial charge on any atom is 0.253 e. The lowest BCUT2D eigenvalue weighted by Crippen LogP contribution is -2.33. The maximum absolute atomic E-state index is 13.2. The van der Waals surface area contributed by atoms with Gasteiger partial charge in [0.25, 0.3) is 5.91 Å². The van der Waals surface area contributed by atoms with Gasteiger partial charge in [-0.3, -0.25) is 4.79 Å². The van der Waals surface area contributed by atoms with Gasteiger partial charge in [0.05, 0.1) is 5.56 Å². The summed E-state index contributed by atoms with van der Waals surface area (Å²) in [6, 6.07) is 4.35. The third-order valence-corrected chi connectivity index (χ3v) is 3.02. The van der Waals surface area contributed by atoms with E-state index < -0.39 is 0 Å². The highest BCUT2D eigenvalue weighted by Crippen LogP contribution is 2.19. The monoisotopic (exact) mass is 264 g/mol. The van der Waals surface area contributed by atoms with E-state index in [0.29, 0.717) is 17.6 Å². The van der Waals surface area contributed by atoms with Gasteiger partial charge >= 0.3 is 0 Å². The number of methoxy groups -OCH3 is 1. The molecule has 0 aliphatic rings. The fourth-order valence-corrected chi connectivity index (χ4v) is 1.95. The molecule has 1 amide bonds. The molecule has 4 nitrogen and oxygen atoms in total. The second-order valence-electron chi connectivity index (χ2n) is 4.55. The van der Waals surface area contributed by atoms with Crippen molar-refractivity contribution >= 4 is 16.8 Å². The topological polar surface area (TPSA) is 54.1 Å². The number of benzene rings is 1. The molecule has 1 aromatic heterocycles. The number of carbonyl (C=O) groups excluding carboxylic acids is 1. The Morgan fingerprint density at radius 1 is 1.53 bits per heavy atom. The lowest BCUT2D eigenvalue weighted by atomic mass is 10.1. The maximum atomic E-state index is 13.2. The standard InChI is InChI=1S/C14H17FN2O2/c1-9(5-6-19-2)17-14(18)12-8-16-13-4-3-10(15)7-11(12)13/h3-4,7-9,16H,5-6H2,1-2H3,(H,17,18). The third kappa shape index (κ3) is 3.12. The Morgan fingerprint density at radius 2 is 2.32 bits per heavy atom. The zero-order valence-electron chi connectivity index (χ0n) is 11.0. The zero-order valence-corrected chi connectivity index (χ0v) is 11.0. The highest BCUT2D eigenvalue weighted by atomic mass is 19.1. The van der Waals surface area contributed by atoms with E-state index in [2.05, 4.69) is 10.3 Å². The average molecular weight is 264 g/mol. The van der Waals surface area contributed by atoms with E-state index in [1.54, 1.807) is 19.4 Å². The molecule has 0 radical (unpaired) electrons. The summed E-state index contributed by atoms with van der Waals surface area (Å²) in [5, 5.41) is 3.46. The Kier molecular flexibility index (Phi) is 4.16. The zero-order chi connectivity index (χ0) is 13.8. The highest BCUT2D eigenvalue weighted by Gasteiger charge is 2.14. The molecule has 1 aromatic carbocycles. The van der Waals surface area contributed by atoms with E-state index in [0.717, 1.165) is 11.9 Å². The number of hydrogen-bond acceptors (Lipinski definition) is 2. The summed E-state index contributed by atoms with van der Waals surface area (Å²) < 4.78 is 18.2. The molecule has 5 heteroatoms. The van der Waals surface area contributed by atoms with Crippen LogP contribution in [0.1, 0.15) is 23.7 Å². The van der Waals surface area contributed by atoms with Crippen molar-refractivity contribution < 1.29 is 13.9 Å². The summed E-state index contributed by atoms with van der Waals surface area (Å²) in [5.74, 6) is -0.561. The molecule has 0 aliphatic carbocycles. The van der Waals surface area contributed by atoms with Crippen LogP contribution in [0.3, 0.4) is 0 Å². The molecule has 2 rings (SSSR count). The third-order valence-electron chi connectivity index (χ3n) is 3.02. The van der Waals surface area contributed by atoms with E-state index >= 15 is 0 Å². The van der Waals surface area contributed by atoms with Crippen molar-refractivity contribution in [3.63, 3.8) is 0 Å². The van der Waals surface area contributed by atoms with E-state index in [9.17, 15) is 9.18 Å². The highest BCUT2D eigenvalue weighted by molar-refractivity contribution is 6.06. The quantitative estimate of drug-likeness (QED) is 0.871. The van der Waals surface area contributed by atoms with Gasteiger partial charge in [-0.1, -0.05) is 0 Å². The van der Waals surface area contributed by atoms with Crippen molar-refractivity contribution in [2.45, 2.75) is 19.4 Å². The van der Waals surface area contributed by atoms with Gasteiger partial charge in [0.1, 0.15) is 5.82 Å². The molecule has 0 bridgehead atoms. The first-order valence-corrected chi connectivity index (χ1v) is 6.18. The molecule has 1 unspecified atom stereocenters. The van der Waals surface area contributed by atoms with Crippen molar-refractivity contribution in [1.82, 2.24) is 10.3 Å². The van der Waals surface area contributed by atoms with Crippen molar-refractivity contribution in [2.75, 3.05) is 13.7 Å². The molecule has 2 N–H and O–H groups in total. The summed E-state index contributed by atoms with van der Waals surface area (Å²) in [5.41, 5.74) is 1.20. The number of halogens is 1. The molecule has 2 aromatic rings. The minimum absolute atomic E-state index is 0.00552. The molecule has 0 fully saturated rings. The lowest BCUT2D eigenvalue weighted by Gasteiger charge is -2.12. The molecule has 19 heavy (non-hydrogen) atoms. The minimum atomic E-state index is -0.353. The number of hydrogen-bond donors (Lipinski definition) is 2. The summed E-state index contributed by atoms with van der Waals surface area (Å²) in [4.78, 5) is 15.1. The Bertz CT molecular complexity index is 580. The van der Waals surface area contributed by atoms with Crippen LogP contribution in [-0.4, -0.2) is 30.6 Å². The number of fused-ring (bicyclic) bond motifs is 1. The smallest absolute Gasteiger partial charge is 0.253 e. The van der Waals surface area contributed by atoms with Gasteiger partial charge in [-0.15, -0.1) is 0 Å². The van der Waals surface area contributed by atoms with Gasteiger partial charge < -0.3 is 15.0 Å². The molecular formula is C14H17FN2O2. The van der Waals surface area contributed by atoms with Gasteiger partial charge in [-0.05, 0) is 31.5 Å². The second-order valence-corrected chi connectivity index (χ2v) is 4.55. The predicted octanol–water partition coefficient (Wildman–Crippen LogP) is 2.46. The molecule has 102 valence electrons. The summed E-state index contributed by atoms with van der Waals surface area (Å²) in [6.45, 7) is 2.50. The summed E-state index contributed by atoms with van der Waals surface area (Å²) >= 11 is 0. The van der Waals surface area contributed by atoms with Crippen molar-refractivity contribution in [3.8, 4) is 0 Å². The van der Waals surface area contributed by atoms with Crippen LogP contribution in [0.4, 0.5) is 4.39 Å². The molecule has 1 heterocycles. The summed E-state index contributed by atoms with van der Waals surface area (Å²) in [7, 11) is 1.62. The van der Waals surface area contributed by atoms with Gasteiger partial charge in [0.15, 0.2) is 0 Å². The average Bonchev–Trinajstić information content (AvgIpc) is 2.79. The second kappa shape index (κ2) is 5.84. The largest absolute Gasteiger partial charge is 0.385 e. The van der Waals surface area contributed by atoms with Crippen LogP contribution in [-0.2, 0) is 4.74 Å². The molecular weight excluding hydrogens is 247 g/mol. The van der Waals surface area contributed by atoms with Crippen molar-refractivity contribution in [3.05, 3.63) is 35.8 Å². The fraction of sp³-hybridized carbons (Fsp3) is 0.357. The number of carbonyl (C=O) groups is 1. The first-order valence-electron chi connectivity index (χ1n) is 6.18. The fourth-order valence-electron chi connectivity index (χ4n) is 1.95. The van der Waals surface area contributed by atoms with Crippen LogP contribution < -0.4 is 5.32 Å². The number of aromatic nitrogens is 1. The first-order chi connectivity index (χ1) is 9.11. The minimum Gasteiger partial charge on any atom is -0.385 e. The molecule has 0 aliphatic heterocycles. The number of ether oxygens (including phenoxy) is 1. The number of aromatic amines is 1. The number of nitrogens with one attached hydrogen (secondary N) is 2. The van der Waals surface area contributed by atoms with Crippen LogP contribution in [0.25, 0.3) is 10.9 Å². The predicted molar refractivity (Wildman–Crippen MR) is 71.7 cm³/mol. The lowest BCUT2D eigenvalue weighted by molar-refractivity contribution is 0.0931. The Balaban J connectivity index is 2.15. The SMILES string of the molecule is COCCC(C)NC(=O)c1c[nH]c2ccc(F)cc12. The number of amides is 1. The molecule has 0 saturated carbocycles. The van der Waals surface area contributed by atoms with Crippen LogP contribution in [0.15, 0.2) is 24.4 Å². The Labute approximate surface area is 111 Å². The van der Waals surface area contributed by atoms with Crippen LogP contribution in [0.2, 0.25) is 0 Å².